The number of anilines is 1. The number of likely N-dealkylation sites (tertiary alicyclic amines) is 1. The van der Waals surface area contributed by atoms with Crippen molar-refractivity contribution in [1.82, 2.24) is 9.88 Å². The SMILES string of the molecule is CN1CCCC(CNc2nccc3sccc23)C1. The molecule has 0 bridgehead atoms. The van der Waals surface area contributed by atoms with Crippen LogP contribution in [0.4, 0.5) is 5.82 Å². The van der Waals surface area contributed by atoms with Crippen molar-refractivity contribution < 1.29 is 0 Å². The number of nitrogens with zero attached hydrogens (tertiary/aromatic N) is 2. The van der Waals surface area contributed by atoms with Gasteiger partial charge in [-0.1, -0.05) is 0 Å². The third kappa shape index (κ3) is 2.49. The number of thiophene rings is 1. The van der Waals surface area contributed by atoms with Crippen LogP contribution in [-0.2, 0) is 0 Å². The second-order valence-corrected chi connectivity index (χ2v) is 6.09. The summed E-state index contributed by atoms with van der Waals surface area (Å²) in [4.78, 5) is 6.89. The lowest BCUT2D eigenvalue weighted by Gasteiger charge is -2.29. The van der Waals surface area contributed by atoms with Gasteiger partial charge in [-0.3, -0.25) is 0 Å². The normalized spacial score (nSPS) is 21.3. The van der Waals surface area contributed by atoms with Gasteiger partial charge in [-0.25, -0.2) is 4.98 Å². The van der Waals surface area contributed by atoms with E-state index in [1.165, 1.54) is 36.0 Å². The van der Waals surface area contributed by atoms with Crippen molar-refractivity contribution in [1.29, 1.82) is 0 Å². The fourth-order valence-corrected chi connectivity index (χ4v) is 3.50. The van der Waals surface area contributed by atoms with Crippen molar-refractivity contribution in [3.05, 3.63) is 23.7 Å². The molecule has 1 unspecified atom stereocenters. The number of fused-ring (bicyclic) bond motifs is 1. The minimum absolute atomic E-state index is 0.749. The van der Waals surface area contributed by atoms with E-state index in [1.807, 2.05) is 6.20 Å². The minimum atomic E-state index is 0.749. The minimum Gasteiger partial charge on any atom is -0.369 e. The molecule has 18 heavy (non-hydrogen) atoms. The number of rotatable bonds is 3. The summed E-state index contributed by atoms with van der Waals surface area (Å²) in [6, 6.07) is 4.24. The molecule has 96 valence electrons. The molecular weight excluding hydrogens is 242 g/mol. The van der Waals surface area contributed by atoms with Crippen LogP contribution >= 0.6 is 11.3 Å². The Hall–Kier alpha value is -1.13. The first-order valence-corrected chi connectivity index (χ1v) is 7.45. The molecule has 2 aromatic rings. The molecular formula is C14H19N3S. The molecule has 0 radical (unpaired) electrons. The molecule has 1 fully saturated rings. The lowest BCUT2D eigenvalue weighted by molar-refractivity contribution is 0.217. The zero-order chi connectivity index (χ0) is 12.4. The Morgan fingerprint density at radius 3 is 3.33 bits per heavy atom. The second kappa shape index (κ2) is 5.24. The molecule has 4 heteroatoms. The predicted molar refractivity (Wildman–Crippen MR) is 78.3 cm³/mol. The van der Waals surface area contributed by atoms with Crippen LogP contribution in [0.25, 0.3) is 10.1 Å². The van der Waals surface area contributed by atoms with Gasteiger partial charge in [0.15, 0.2) is 0 Å². The third-order valence-electron chi connectivity index (χ3n) is 3.66. The Kier molecular flexibility index (Phi) is 3.48. The molecule has 0 aliphatic carbocycles. The maximum atomic E-state index is 4.46. The van der Waals surface area contributed by atoms with Gasteiger partial charge in [0.1, 0.15) is 5.82 Å². The Balaban J connectivity index is 1.67. The molecule has 0 spiro atoms. The fourth-order valence-electron chi connectivity index (χ4n) is 2.72. The zero-order valence-electron chi connectivity index (χ0n) is 10.7. The topological polar surface area (TPSA) is 28.2 Å². The molecule has 1 aliphatic heterocycles. The molecule has 1 aliphatic rings. The summed E-state index contributed by atoms with van der Waals surface area (Å²) >= 11 is 1.78. The lowest BCUT2D eigenvalue weighted by Crippen LogP contribution is -2.35. The molecule has 0 saturated carbocycles. The predicted octanol–water partition coefficient (Wildman–Crippen LogP) is 3.05. The molecule has 3 heterocycles. The first-order chi connectivity index (χ1) is 8.83. The van der Waals surface area contributed by atoms with E-state index in [2.05, 4.69) is 39.8 Å². The number of aromatic nitrogens is 1. The van der Waals surface area contributed by atoms with Gasteiger partial charge < -0.3 is 10.2 Å². The number of piperidine rings is 1. The summed E-state index contributed by atoms with van der Waals surface area (Å²) in [6.45, 7) is 3.48. The average Bonchev–Trinajstić information content (AvgIpc) is 2.85. The van der Waals surface area contributed by atoms with Gasteiger partial charge in [0.2, 0.25) is 0 Å². The highest BCUT2D eigenvalue weighted by Gasteiger charge is 2.17. The summed E-state index contributed by atoms with van der Waals surface area (Å²) in [5, 5.41) is 6.92. The molecule has 2 aromatic heterocycles. The van der Waals surface area contributed by atoms with Crippen LogP contribution in [0.3, 0.4) is 0 Å². The van der Waals surface area contributed by atoms with E-state index in [0.717, 1.165) is 18.3 Å². The van der Waals surface area contributed by atoms with E-state index in [1.54, 1.807) is 11.3 Å². The van der Waals surface area contributed by atoms with Crippen molar-refractivity contribution in [2.24, 2.45) is 5.92 Å². The Morgan fingerprint density at radius 1 is 1.50 bits per heavy atom. The van der Waals surface area contributed by atoms with Crippen molar-refractivity contribution in [3.63, 3.8) is 0 Å². The first-order valence-electron chi connectivity index (χ1n) is 6.57. The molecule has 0 amide bonds. The Labute approximate surface area is 112 Å². The molecule has 1 atom stereocenters. The molecule has 1 N–H and O–H groups in total. The van der Waals surface area contributed by atoms with E-state index in [4.69, 9.17) is 0 Å². The van der Waals surface area contributed by atoms with Gasteiger partial charge in [-0.05, 0) is 49.9 Å². The maximum absolute atomic E-state index is 4.46. The average molecular weight is 261 g/mol. The van der Waals surface area contributed by atoms with Gasteiger partial charge in [0.25, 0.3) is 0 Å². The van der Waals surface area contributed by atoms with E-state index < -0.39 is 0 Å². The summed E-state index contributed by atoms with van der Waals surface area (Å²) in [5.74, 6) is 1.79. The van der Waals surface area contributed by atoms with Crippen molar-refractivity contribution in [2.75, 3.05) is 32.0 Å². The van der Waals surface area contributed by atoms with E-state index in [0.29, 0.717) is 0 Å². The van der Waals surface area contributed by atoms with Crippen molar-refractivity contribution in [2.45, 2.75) is 12.8 Å². The van der Waals surface area contributed by atoms with E-state index >= 15 is 0 Å². The highest BCUT2D eigenvalue weighted by atomic mass is 32.1. The highest BCUT2D eigenvalue weighted by Crippen LogP contribution is 2.26. The summed E-state index contributed by atoms with van der Waals surface area (Å²) in [5.41, 5.74) is 0. The fraction of sp³-hybridized carbons (Fsp3) is 0.500. The van der Waals surface area contributed by atoms with Gasteiger partial charge in [0, 0.05) is 29.4 Å². The number of hydrogen-bond acceptors (Lipinski definition) is 4. The smallest absolute Gasteiger partial charge is 0.134 e. The van der Waals surface area contributed by atoms with Crippen LogP contribution in [0.2, 0.25) is 0 Å². The van der Waals surface area contributed by atoms with Gasteiger partial charge >= 0.3 is 0 Å². The summed E-state index contributed by atoms with van der Waals surface area (Å²) < 4.78 is 1.31. The molecule has 3 nitrogen and oxygen atoms in total. The highest BCUT2D eigenvalue weighted by molar-refractivity contribution is 7.17. The van der Waals surface area contributed by atoms with Crippen LogP contribution in [0.5, 0.6) is 0 Å². The summed E-state index contributed by atoms with van der Waals surface area (Å²) in [7, 11) is 2.21. The van der Waals surface area contributed by atoms with Crippen LogP contribution in [0.1, 0.15) is 12.8 Å². The second-order valence-electron chi connectivity index (χ2n) is 5.14. The number of hydrogen-bond donors (Lipinski definition) is 1. The van der Waals surface area contributed by atoms with E-state index in [-0.39, 0.29) is 0 Å². The van der Waals surface area contributed by atoms with Crippen molar-refractivity contribution in [3.8, 4) is 0 Å². The Bertz CT molecular complexity index is 522. The lowest BCUT2D eigenvalue weighted by atomic mass is 9.98. The largest absolute Gasteiger partial charge is 0.369 e. The first kappa shape index (κ1) is 11.9. The standard InChI is InChI=1S/C14H19N3S/c1-17-7-2-3-11(10-17)9-16-14-12-5-8-18-13(12)4-6-15-14/h4-6,8,11H,2-3,7,9-10H2,1H3,(H,15,16). The molecule has 0 aromatic carbocycles. The quantitative estimate of drug-likeness (QED) is 0.920. The Morgan fingerprint density at radius 2 is 2.44 bits per heavy atom. The van der Waals surface area contributed by atoms with Gasteiger partial charge in [0.05, 0.1) is 0 Å². The third-order valence-corrected chi connectivity index (χ3v) is 4.54. The van der Waals surface area contributed by atoms with Crippen LogP contribution in [0.15, 0.2) is 23.7 Å². The van der Waals surface area contributed by atoms with Crippen LogP contribution in [-0.4, -0.2) is 36.6 Å². The van der Waals surface area contributed by atoms with Gasteiger partial charge in [-0.2, -0.15) is 0 Å². The van der Waals surface area contributed by atoms with Crippen LogP contribution in [0, 0.1) is 5.92 Å². The van der Waals surface area contributed by atoms with Gasteiger partial charge in [-0.15, -0.1) is 11.3 Å². The molecule has 1 saturated heterocycles. The zero-order valence-corrected chi connectivity index (χ0v) is 11.5. The van der Waals surface area contributed by atoms with Crippen molar-refractivity contribution >= 4 is 27.2 Å². The van der Waals surface area contributed by atoms with Crippen LogP contribution < -0.4 is 5.32 Å². The monoisotopic (exact) mass is 261 g/mol. The number of nitrogens with one attached hydrogen (secondary N) is 1. The maximum Gasteiger partial charge on any atom is 0.134 e. The summed E-state index contributed by atoms with van der Waals surface area (Å²) in [6.07, 6.45) is 4.55. The van der Waals surface area contributed by atoms with E-state index in [9.17, 15) is 0 Å². The molecule has 3 rings (SSSR count). The number of pyridine rings is 1.